The van der Waals surface area contributed by atoms with Gasteiger partial charge in [-0.3, -0.25) is 4.79 Å². The maximum Gasteiger partial charge on any atom is 0.249 e. The maximum absolute atomic E-state index is 12.5. The number of fused-ring (bicyclic) bond motifs is 1. The van der Waals surface area contributed by atoms with Crippen LogP contribution in [0.25, 0.3) is 11.0 Å². The Labute approximate surface area is 165 Å². The summed E-state index contributed by atoms with van der Waals surface area (Å²) in [5.41, 5.74) is 5.79. The molecular formula is C23H27N3O2. The van der Waals surface area contributed by atoms with Gasteiger partial charge in [-0.2, -0.15) is 0 Å². The molecule has 1 amide bonds. The van der Waals surface area contributed by atoms with Crippen molar-refractivity contribution in [2.75, 3.05) is 6.61 Å². The first-order valence-corrected chi connectivity index (χ1v) is 9.96. The molecule has 2 aromatic carbocycles. The van der Waals surface area contributed by atoms with E-state index in [9.17, 15) is 4.79 Å². The van der Waals surface area contributed by atoms with Crippen molar-refractivity contribution in [3.05, 3.63) is 65.0 Å². The second kappa shape index (κ2) is 7.76. The smallest absolute Gasteiger partial charge is 0.249 e. The average Bonchev–Trinajstić information content (AvgIpc) is 3.33. The fourth-order valence-electron chi connectivity index (χ4n) is 3.89. The summed E-state index contributed by atoms with van der Waals surface area (Å²) < 4.78 is 7.75. The minimum atomic E-state index is -0.334. The molecular weight excluding hydrogens is 350 g/mol. The molecule has 1 aromatic heterocycles. The van der Waals surface area contributed by atoms with Crippen LogP contribution in [-0.2, 0) is 16.1 Å². The number of carbonyl (C=O) groups excluding carboxylic acids is 1. The Hall–Kier alpha value is -2.66. The highest BCUT2D eigenvalue weighted by molar-refractivity contribution is 5.81. The molecule has 2 atom stereocenters. The number of nitrogens with zero attached hydrogens (tertiary/aromatic N) is 2. The summed E-state index contributed by atoms with van der Waals surface area (Å²) in [5, 5.41) is 3.10. The van der Waals surface area contributed by atoms with Crippen molar-refractivity contribution >= 4 is 16.9 Å². The van der Waals surface area contributed by atoms with Crippen molar-refractivity contribution < 1.29 is 9.53 Å². The van der Waals surface area contributed by atoms with Crippen LogP contribution in [0.2, 0.25) is 0 Å². The van der Waals surface area contributed by atoms with Crippen molar-refractivity contribution in [1.82, 2.24) is 14.9 Å². The quantitative estimate of drug-likeness (QED) is 0.730. The van der Waals surface area contributed by atoms with Gasteiger partial charge in [0, 0.05) is 13.2 Å². The predicted molar refractivity (Wildman–Crippen MR) is 110 cm³/mol. The number of imidazole rings is 1. The molecule has 0 radical (unpaired) electrons. The first-order valence-electron chi connectivity index (χ1n) is 9.96. The van der Waals surface area contributed by atoms with Gasteiger partial charge >= 0.3 is 0 Å². The topological polar surface area (TPSA) is 56.2 Å². The van der Waals surface area contributed by atoms with E-state index >= 15 is 0 Å². The normalized spacial score (nSPS) is 17.8. The molecule has 3 aromatic rings. The number of hydrogen-bond donors (Lipinski definition) is 1. The number of hydrogen-bond acceptors (Lipinski definition) is 3. The second-order valence-corrected chi connectivity index (χ2v) is 7.71. The van der Waals surface area contributed by atoms with Crippen LogP contribution in [0.3, 0.4) is 0 Å². The number of para-hydroxylation sites is 2. The van der Waals surface area contributed by atoms with E-state index in [4.69, 9.17) is 9.72 Å². The van der Waals surface area contributed by atoms with Crippen molar-refractivity contribution in [2.45, 2.75) is 52.3 Å². The van der Waals surface area contributed by atoms with Crippen LogP contribution in [0.5, 0.6) is 0 Å². The van der Waals surface area contributed by atoms with Crippen molar-refractivity contribution in [1.29, 1.82) is 0 Å². The third-order valence-electron chi connectivity index (χ3n) is 5.49. The fraction of sp³-hybridized carbons (Fsp3) is 0.391. The number of benzene rings is 2. The van der Waals surface area contributed by atoms with E-state index in [0.717, 1.165) is 36.2 Å². The van der Waals surface area contributed by atoms with Gasteiger partial charge in [-0.05, 0) is 56.9 Å². The lowest BCUT2D eigenvalue weighted by Gasteiger charge is -2.19. The summed E-state index contributed by atoms with van der Waals surface area (Å²) >= 11 is 0. The monoisotopic (exact) mass is 377 g/mol. The summed E-state index contributed by atoms with van der Waals surface area (Å²) in [4.78, 5) is 17.4. The third-order valence-corrected chi connectivity index (χ3v) is 5.49. The molecule has 0 aliphatic carbocycles. The van der Waals surface area contributed by atoms with Gasteiger partial charge in [0.15, 0.2) is 0 Å². The molecule has 0 saturated carbocycles. The van der Waals surface area contributed by atoms with Gasteiger partial charge in [0.25, 0.3) is 0 Å². The molecule has 1 aliphatic heterocycles. The number of aryl methyl sites for hydroxylation is 2. The summed E-state index contributed by atoms with van der Waals surface area (Å²) in [6, 6.07) is 14.5. The zero-order valence-electron chi connectivity index (χ0n) is 16.7. The van der Waals surface area contributed by atoms with E-state index in [1.807, 2.05) is 25.1 Å². The molecule has 1 fully saturated rings. The zero-order valence-corrected chi connectivity index (χ0v) is 16.7. The van der Waals surface area contributed by atoms with E-state index in [0.29, 0.717) is 6.61 Å². The maximum atomic E-state index is 12.5. The zero-order chi connectivity index (χ0) is 19.7. The van der Waals surface area contributed by atoms with E-state index in [1.54, 1.807) is 0 Å². The Balaban J connectivity index is 1.68. The number of aromatic nitrogens is 2. The number of amides is 1. The van der Waals surface area contributed by atoms with Crippen LogP contribution in [0.4, 0.5) is 0 Å². The van der Waals surface area contributed by atoms with Gasteiger partial charge < -0.3 is 14.6 Å². The summed E-state index contributed by atoms with van der Waals surface area (Å²) in [6.07, 6.45) is 1.40. The van der Waals surface area contributed by atoms with Gasteiger partial charge in [-0.1, -0.05) is 35.9 Å². The summed E-state index contributed by atoms with van der Waals surface area (Å²) in [6.45, 7) is 7.63. The van der Waals surface area contributed by atoms with Gasteiger partial charge in [-0.15, -0.1) is 0 Å². The molecule has 2 heterocycles. The molecule has 5 nitrogen and oxygen atoms in total. The molecule has 0 bridgehead atoms. The van der Waals surface area contributed by atoms with Crippen LogP contribution in [0.15, 0.2) is 42.5 Å². The minimum Gasteiger partial charge on any atom is -0.368 e. The molecule has 1 saturated heterocycles. The Morgan fingerprint density at radius 2 is 2.11 bits per heavy atom. The Morgan fingerprint density at radius 3 is 2.89 bits per heavy atom. The Morgan fingerprint density at radius 1 is 1.29 bits per heavy atom. The van der Waals surface area contributed by atoms with Crippen LogP contribution < -0.4 is 5.32 Å². The van der Waals surface area contributed by atoms with Crippen LogP contribution in [0.1, 0.15) is 48.3 Å². The molecule has 4 rings (SSSR count). The average molecular weight is 377 g/mol. The summed E-state index contributed by atoms with van der Waals surface area (Å²) in [7, 11) is 0. The predicted octanol–water partition coefficient (Wildman–Crippen LogP) is 4.06. The molecule has 146 valence electrons. The Kier molecular flexibility index (Phi) is 5.18. The number of nitrogens with one attached hydrogen (secondary N) is 1. The number of carbonyl (C=O) groups is 1. The lowest BCUT2D eigenvalue weighted by atomic mass is 10.1. The Bertz CT molecular complexity index is 1000. The van der Waals surface area contributed by atoms with Gasteiger partial charge in [-0.25, -0.2) is 4.98 Å². The molecule has 28 heavy (non-hydrogen) atoms. The second-order valence-electron chi connectivity index (χ2n) is 7.71. The van der Waals surface area contributed by atoms with Crippen LogP contribution in [-0.4, -0.2) is 28.2 Å². The number of ether oxygens (including phenoxy) is 1. The first-order chi connectivity index (χ1) is 13.5. The standard InChI is InChI=1S/C23H27N3O2/c1-15-10-11-16(2)18(13-15)14-26-20-8-5-4-7-19(20)25-22(26)17(3)24-23(27)21-9-6-12-28-21/h4-5,7-8,10-11,13,17,21H,6,9,12,14H2,1-3H3,(H,24,27). The third kappa shape index (κ3) is 3.67. The summed E-state index contributed by atoms with van der Waals surface area (Å²) in [5.74, 6) is 0.823. The minimum absolute atomic E-state index is 0.0460. The van der Waals surface area contributed by atoms with Crippen LogP contribution in [0, 0.1) is 13.8 Å². The van der Waals surface area contributed by atoms with Crippen molar-refractivity contribution in [3.63, 3.8) is 0 Å². The highest BCUT2D eigenvalue weighted by Crippen LogP contribution is 2.24. The van der Waals surface area contributed by atoms with Crippen molar-refractivity contribution in [2.24, 2.45) is 0 Å². The van der Waals surface area contributed by atoms with E-state index in [2.05, 4.69) is 48.0 Å². The SMILES string of the molecule is Cc1ccc(C)c(Cn2c(C(C)NC(=O)C3CCCO3)nc3ccccc32)c1. The highest BCUT2D eigenvalue weighted by atomic mass is 16.5. The van der Waals surface area contributed by atoms with E-state index in [1.165, 1.54) is 16.7 Å². The fourth-order valence-corrected chi connectivity index (χ4v) is 3.89. The highest BCUT2D eigenvalue weighted by Gasteiger charge is 2.26. The van der Waals surface area contributed by atoms with Crippen LogP contribution >= 0.6 is 0 Å². The van der Waals surface area contributed by atoms with Gasteiger partial charge in [0.1, 0.15) is 11.9 Å². The van der Waals surface area contributed by atoms with Gasteiger partial charge in [0.2, 0.25) is 5.91 Å². The van der Waals surface area contributed by atoms with Crippen molar-refractivity contribution in [3.8, 4) is 0 Å². The van der Waals surface area contributed by atoms with E-state index in [-0.39, 0.29) is 18.1 Å². The largest absolute Gasteiger partial charge is 0.368 e. The molecule has 1 N–H and O–H groups in total. The lowest BCUT2D eigenvalue weighted by Crippen LogP contribution is -2.36. The first kappa shape index (κ1) is 18.7. The van der Waals surface area contributed by atoms with E-state index < -0.39 is 0 Å². The number of rotatable bonds is 5. The van der Waals surface area contributed by atoms with Gasteiger partial charge in [0.05, 0.1) is 17.1 Å². The molecule has 2 unspecified atom stereocenters. The lowest BCUT2D eigenvalue weighted by molar-refractivity contribution is -0.130. The molecule has 1 aliphatic rings. The molecule has 0 spiro atoms. The molecule has 5 heteroatoms.